The first kappa shape index (κ1) is 16.4. The van der Waals surface area contributed by atoms with E-state index >= 15 is 0 Å². The van der Waals surface area contributed by atoms with Gasteiger partial charge in [0.1, 0.15) is 0 Å². The van der Waals surface area contributed by atoms with Crippen LogP contribution in [0.1, 0.15) is 35.2 Å². The second kappa shape index (κ2) is 8.48. The highest BCUT2D eigenvalue weighted by Crippen LogP contribution is 2.10. The van der Waals surface area contributed by atoms with Crippen LogP contribution in [0.3, 0.4) is 0 Å². The Balaban J connectivity index is 2.27. The van der Waals surface area contributed by atoms with Crippen LogP contribution in [0.5, 0.6) is 0 Å². The van der Waals surface area contributed by atoms with Gasteiger partial charge in [-0.1, -0.05) is 24.3 Å². The van der Waals surface area contributed by atoms with Gasteiger partial charge in [0.05, 0.1) is 0 Å². The molecule has 0 radical (unpaired) electrons. The number of hydrogen-bond donors (Lipinski definition) is 1. The lowest BCUT2D eigenvalue weighted by atomic mass is 10.0. The van der Waals surface area contributed by atoms with Gasteiger partial charge in [0.15, 0.2) is 5.78 Å². The summed E-state index contributed by atoms with van der Waals surface area (Å²) in [6, 6.07) is 7.48. The first-order valence-corrected chi connectivity index (χ1v) is 7.01. The fourth-order valence-electron chi connectivity index (χ4n) is 1.96. The number of nitrogens with one attached hydrogen (secondary N) is 1. The third-order valence-corrected chi connectivity index (χ3v) is 3.13. The fourth-order valence-corrected chi connectivity index (χ4v) is 1.96. The number of carbonyl (C=O) groups excluding carboxylic acids is 2. The van der Waals surface area contributed by atoms with E-state index in [2.05, 4.69) is 10.2 Å². The number of amides is 1. The molecule has 0 fully saturated rings. The van der Waals surface area contributed by atoms with Crippen molar-refractivity contribution < 1.29 is 9.59 Å². The fraction of sp³-hybridized carbons (Fsp3) is 0.500. The molecule has 0 atom stereocenters. The molecule has 1 N–H and O–H groups in total. The van der Waals surface area contributed by atoms with Crippen LogP contribution >= 0.6 is 0 Å². The quantitative estimate of drug-likeness (QED) is 0.584. The minimum atomic E-state index is -0.0503. The van der Waals surface area contributed by atoms with Gasteiger partial charge in [0.2, 0.25) is 5.91 Å². The Morgan fingerprint density at radius 2 is 1.85 bits per heavy atom. The first-order valence-electron chi connectivity index (χ1n) is 7.01. The minimum absolute atomic E-state index is 0.0338. The lowest BCUT2D eigenvalue weighted by Gasteiger charge is -2.10. The maximum atomic E-state index is 12.0. The molecule has 0 spiro atoms. The average Bonchev–Trinajstić information content (AvgIpc) is 2.41. The van der Waals surface area contributed by atoms with Crippen molar-refractivity contribution in [3.63, 3.8) is 0 Å². The summed E-state index contributed by atoms with van der Waals surface area (Å²) in [5.74, 6) is -0.0165. The van der Waals surface area contributed by atoms with Gasteiger partial charge in [-0.3, -0.25) is 9.59 Å². The van der Waals surface area contributed by atoms with Crippen LogP contribution in [-0.4, -0.2) is 43.8 Å². The summed E-state index contributed by atoms with van der Waals surface area (Å²) in [6.45, 7) is 3.52. The number of carbonyl (C=O) groups is 2. The molecule has 0 aliphatic carbocycles. The minimum Gasteiger partial charge on any atom is -0.356 e. The average molecular weight is 276 g/mol. The summed E-state index contributed by atoms with van der Waals surface area (Å²) in [4.78, 5) is 25.7. The van der Waals surface area contributed by atoms with E-state index < -0.39 is 0 Å². The van der Waals surface area contributed by atoms with Crippen LogP contribution in [0.4, 0.5) is 0 Å². The standard InChI is InChI=1S/C16H24N2O2/c1-13-7-4-5-8-14(13)15(19)9-10-16(20)17-11-6-12-18(2)3/h4-5,7-8H,6,9-12H2,1-3H3,(H,17,20). The number of ketones is 1. The third-order valence-electron chi connectivity index (χ3n) is 3.13. The lowest BCUT2D eigenvalue weighted by Crippen LogP contribution is -2.27. The van der Waals surface area contributed by atoms with Crippen LogP contribution < -0.4 is 5.32 Å². The number of hydrogen-bond acceptors (Lipinski definition) is 3. The molecule has 0 saturated heterocycles. The predicted molar refractivity (Wildman–Crippen MR) is 80.9 cm³/mol. The highest BCUT2D eigenvalue weighted by atomic mass is 16.2. The van der Waals surface area contributed by atoms with Gasteiger partial charge in [-0.2, -0.15) is 0 Å². The molecule has 110 valence electrons. The van der Waals surface area contributed by atoms with Crippen molar-refractivity contribution in [2.24, 2.45) is 0 Å². The van der Waals surface area contributed by atoms with E-state index in [1.54, 1.807) is 0 Å². The predicted octanol–water partition coefficient (Wildman–Crippen LogP) is 2.03. The second-order valence-corrected chi connectivity index (χ2v) is 5.24. The van der Waals surface area contributed by atoms with Crippen LogP contribution in [-0.2, 0) is 4.79 Å². The van der Waals surface area contributed by atoms with E-state index in [-0.39, 0.29) is 24.5 Å². The van der Waals surface area contributed by atoms with Crippen molar-refractivity contribution in [1.29, 1.82) is 0 Å². The largest absolute Gasteiger partial charge is 0.356 e. The Labute approximate surface area is 121 Å². The molecule has 1 rings (SSSR count). The molecule has 4 heteroatoms. The van der Waals surface area contributed by atoms with Crippen molar-refractivity contribution in [2.75, 3.05) is 27.2 Å². The SMILES string of the molecule is Cc1ccccc1C(=O)CCC(=O)NCCCN(C)C. The number of rotatable bonds is 8. The summed E-state index contributed by atoms with van der Waals surface area (Å²) in [6.07, 6.45) is 1.45. The van der Waals surface area contributed by atoms with Crippen molar-refractivity contribution in [3.05, 3.63) is 35.4 Å². The van der Waals surface area contributed by atoms with Crippen molar-refractivity contribution in [1.82, 2.24) is 10.2 Å². The number of nitrogens with zero attached hydrogens (tertiary/aromatic N) is 1. The molecule has 0 heterocycles. The third kappa shape index (κ3) is 5.97. The van der Waals surface area contributed by atoms with Gasteiger partial charge >= 0.3 is 0 Å². The van der Waals surface area contributed by atoms with E-state index in [9.17, 15) is 9.59 Å². The maximum absolute atomic E-state index is 12.0. The monoisotopic (exact) mass is 276 g/mol. The zero-order valence-electron chi connectivity index (χ0n) is 12.6. The second-order valence-electron chi connectivity index (χ2n) is 5.24. The molecular weight excluding hydrogens is 252 g/mol. The van der Waals surface area contributed by atoms with E-state index in [0.29, 0.717) is 12.1 Å². The molecule has 1 aromatic rings. The Hall–Kier alpha value is -1.68. The van der Waals surface area contributed by atoms with Crippen LogP contribution in [0.25, 0.3) is 0 Å². The zero-order chi connectivity index (χ0) is 15.0. The summed E-state index contributed by atoms with van der Waals surface area (Å²) in [7, 11) is 4.01. The van der Waals surface area contributed by atoms with Gasteiger partial charge in [0.25, 0.3) is 0 Å². The smallest absolute Gasteiger partial charge is 0.220 e. The Bertz CT molecular complexity index is 456. The highest BCUT2D eigenvalue weighted by Gasteiger charge is 2.10. The molecule has 0 aromatic heterocycles. The Kier molecular flexibility index (Phi) is 6.94. The van der Waals surface area contributed by atoms with Gasteiger partial charge in [-0.25, -0.2) is 0 Å². The normalized spacial score (nSPS) is 10.6. The molecule has 0 bridgehead atoms. The lowest BCUT2D eigenvalue weighted by molar-refractivity contribution is -0.121. The van der Waals surface area contributed by atoms with Crippen molar-refractivity contribution >= 4 is 11.7 Å². The highest BCUT2D eigenvalue weighted by molar-refractivity contribution is 5.99. The van der Waals surface area contributed by atoms with E-state index in [1.807, 2.05) is 45.3 Å². The summed E-state index contributed by atoms with van der Waals surface area (Å²) >= 11 is 0. The van der Waals surface area contributed by atoms with E-state index in [4.69, 9.17) is 0 Å². The van der Waals surface area contributed by atoms with Crippen LogP contribution in [0, 0.1) is 6.92 Å². The van der Waals surface area contributed by atoms with Crippen molar-refractivity contribution in [3.8, 4) is 0 Å². The number of benzene rings is 1. The number of aryl methyl sites for hydroxylation is 1. The Morgan fingerprint density at radius 3 is 2.50 bits per heavy atom. The molecule has 0 aliphatic rings. The van der Waals surface area contributed by atoms with Crippen molar-refractivity contribution in [2.45, 2.75) is 26.2 Å². The molecule has 0 saturated carbocycles. The van der Waals surface area contributed by atoms with Crippen LogP contribution in [0.15, 0.2) is 24.3 Å². The molecule has 0 unspecified atom stereocenters. The van der Waals surface area contributed by atoms with Crippen LogP contribution in [0.2, 0.25) is 0 Å². The topological polar surface area (TPSA) is 49.4 Å². The molecule has 4 nitrogen and oxygen atoms in total. The molecule has 1 aromatic carbocycles. The first-order chi connectivity index (χ1) is 9.50. The molecule has 0 aliphatic heterocycles. The summed E-state index contributed by atoms with van der Waals surface area (Å²) < 4.78 is 0. The molecule has 20 heavy (non-hydrogen) atoms. The maximum Gasteiger partial charge on any atom is 0.220 e. The zero-order valence-corrected chi connectivity index (χ0v) is 12.6. The summed E-state index contributed by atoms with van der Waals surface area (Å²) in [5, 5.41) is 2.84. The molecular formula is C16H24N2O2. The van der Waals surface area contributed by atoms with E-state index in [1.165, 1.54) is 0 Å². The summed E-state index contributed by atoms with van der Waals surface area (Å²) in [5.41, 5.74) is 1.68. The van der Waals surface area contributed by atoms with Gasteiger partial charge in [-0.05, 0) is 39.5 Å². The van der Waals surface area contributed by atoms with E-state index in [0.717, 1.165) is 18.5 Å². The number of Topliss-reactive ketones (excluding diaryl/α,β-unsaturated/α-hetero) is 1. The van der Waals surface area contributed by atoms with Gasteiger partial charge < -0.3 is 10.2 Å². The Morgan fingerprint density at radius 1 is 1.15 bits per heavy atom. The van der Waals surface area contributed by atoms with Gasteiger partial charge in [-0.15, -0.1) is 0 Å². The van der Waals surface area contributed by atoms with Gasteiger partial charge in [0, 0.05) is 24.9 Å². The molecule has 1 amide bonds.